The van der Waals surface area contributed by atoms with Crippen molar-refractivity contribution in [1.29, 1.82) is 0 Å². The molecule has 2 aromatic heterocycles. The molecule has 4 aromatic rings. The normalized spacial score (nSPS) is 15.9. The highest BCUT2D eigenvalue weighted by Gasteiger charge is 2.35. The number of aromatic amines is 1. The maximum Gasteiger partial charge on any atom is 0.416 e. The Morgan fingerprint density at radius 1 is 0.977 bits per heavy atom. The summed E-state index contributed by atoms with van der Waals surface area (Å²) in [6, 6.07) is 10.9. The zero-order valence-electron chi connectivity index (χ0n) is 23.8. The molecular weight excluding hydrogens is 566 g/mol. The molecular formula is C30H33F4N7O2. The number of nitrogens with two attached hydrogens (primary N) is 1. The maximum atomic E-state index is 14.9. The van der Waals surface area contributed by atoms with Crippen LogP contribution in [0.15, 0.2) is 70.5 Å². The van der Waals surface area contributed by atoms with Crippen molar-refractivity contribution in [3.05, 3.63) is 116 Å². The second kappa shape index (κ2) is 12.2. The third-order valence-electron chi connectivity index (χ3n) is 8.18. The average Bonchev–Trinajstić information content (AvgIpc) is 3.53. The highest BCUT2D eigenvalue weighted by Crippen LogP contribution is 2.34. The fraction of sp³-hybridized carbons (Fsp3) is 0.367. The van der Waals surface area contributed by atoms with Gasteiger partial charge in [0.15, 0.2) is 0 Å². The fourth-order valence-corrected chi connectivity index (χ4v) is 5.68. The first-order chi connectivity index (χ1) is 20.5. The van der Waals surface area contributed by atoms with Crippen LogP contribution in [0.3, 0.4) is 0 Å². The van der Waals surface area contributed by atoms with Gasteiger partial charge in [-0.2, -0.15) is 18.3 Å². The molecule has 0 spiro atoms. The van der Waals surface area contributed by atoms with Gasteiger partial charge in [0.1, 0.15) is 11.5 Å². The number of hydrogen-bond donors (Lipinski definition) is 2. The summed E-state index contributed by atoms with van der Waals surface area (Å²) in [7, 11) is 0. The van der Waals surface area contributed by atoms with Crippen LogP contribution >= 0.6 is 0 Å². The van der Waals surface area contributed by atoms with Crippen LogP contribution in [0.25, 0.3) is 0 Å². The van der Waals surface area contributed by atoms with Crippen molar-refractivity contribution < 1.29 is 17.6 Å². The summed E-state index contributed by atoms with van der Waals surface area (Å²) >= 11 is 0. The van der Waals surface area contributed by atoms with Crippen LogP contribution in [0, 0.1) is 12.7 Å². The van der Waals surface area contributed by atoms with E-state index in [0.29, 0.717) is 31.7 Å². The Bertz CT molecular complexity index is 1680. The molecule has 2 atom stereocenters. The standard InChI is InChI=1S/C30H33F4N7O2/c1-19(22-15-36-37-16-22)38-11-13-39(14-12-38)27-20(2)40(17-23-24(30(32,33)34)9-6-10-25(23)31)29(43)41(28(27)42)18-26(35)21-7-4-3-5-8-21/h3-10,15-16,19,26H,11-14,17-18,35H2,1-2H3,(H,36,37). The number of nitrogens with zero attached hydrogens (tertiary/aromatic N) is 5. The Morgan fingerprint density at radius 3 is 2.30 bits per heavy atom. The summed E-state index contributed by atoms with van der Waals surface area (Å²) in [5, 5.41) is 6.82. The first-order valence-corrected chi connectivity index (χ1v) is 13.9. The van der Waals surface area contributed by atoms with E-state index < -0.39 is 47.0 Å². The van der Waals surface area contributed by atoms with Crippen LogP contribution in [-0.2, 0) is 19.3 Å². The highest BCUT2D eigenvalue weighted by molar-refractivity contribution is 5.50. The molecule has 3 heterocycles. The summed E-state index contributed by atoms with van der Waals surface area (Å²) < 4.78 is 58.5. The number of hydrogen-bond acceptors (Lipinski definition) is 6. The Hall–Kier alpha value is -4.23. The van der Waals surface area contributed by atoms with Crippen LogP contribution in [0.4, 0.5) is 23.2 Å². The lowest BCUT2D eigenvalue weighted by Crippen LogP contribution is -2.52. The Labute approximate surface area is 245 Å². The summed E-state index contributed by atoms with van der Waals surface area (Å²) in [5.74, 6) is -1.09. The van der Waals surface area contributed by atoms with Gasteiger partial charge >= 0.3 is 11.9 Å². The van der Waals surface area contributed by atoms with E-state index in [1.165, 1.54) is 6.92 Å². The number of aromatic nitrogens is 4. The topological polar surface area (TPSA) is 105 Å². The molecule has 9 nitrogen and oxygen atoms in total. The van der Waals surface area contributed by atoms with Crippen molar-refractivity contribution in [2.45, 2.75) is 45.2 Å². The number of anilines is 1. The van der Waals surface area contributed by atoms with E-state index in [-0.39, 0.29) is 24.0 Å². The Kier molecular flexibility index (Phi) is 8.56. The zero-order valence-corrected chi connectivity index (χ0v) is 23.8. The van der Waals surface area contributed by atoms with Crippen molar-refractivity contribution in [2.75, 3.05) is 31.1 Å². The van der Waals surface area contributed by atoms with Gasteiger partial charge in [-0.25, -0.2) is 9.18 Å². The lowest BCUT2D eigenvalue weighted by molar-refractivity contribution is -0.138. The van der Waals surface area contributed by atoms with Gasteiger partial charge in [-0.3, -0.25) is 23.9 Å². The SMILES string of the molecule is Cc1c(N2CCN(C(C)c3cn[nH]c3)CC2)c(=O)n(CC(N)c2ccccc2)c(=O)n1Cc1c(F)cccc1C(F)(F)F. The smallest absolute Gasteiger partial charge is 0.363 e. The monoisotopic (exact) mass is 599 g/mol. The zero-order chi connectivity index (χ0) is 30.9. The van der Waals surface area contributed by atoms with E-state index in [2.05, 4.69) is 22.0 Å². The van der Waals surface area contributed by atoms with Crippen molar-refractivity contribution in [3.63, 3.8) is 0 Å². The van der Waals surface area contributed by atoms with E-state index in [4.69, 9.17) is 5.73 Å². The van der Waals surface area contributed by atoms with Gasteiger partial charge in [0.2, 0.25) is 0 Å². The van der Waals surface area contributed by atoms with Crippen LogP contribution in [0.1, 0.15) is 47.0 Å². The molecule has 0 radical (unpaired) electrons. The summed E-state index contributed by atoms with van der Waals surface area (Å²) in [6.45, 7) is 4.65. The number of alkyl halides is 3. The van der Waals surface area contributed by atoms with E-state index in [0.717, 1.165) is 32.9 Å². The summed E-state index contributed by atoms with van der Waals surface area (Å²) in [6.07, 6.45) is -1.27. The van der Waals surface area contributed by atoms with E-state index in [1.807, 2.05) is 11.1 Å². The lowest BCUT2D eigenvalue weighted by atomic mass is 10.1. The number of H-pyrrole nitrogens is 1. The number of benzene rings is 2. The predicted molar refractivity (Wildman–Crippen MR) is 154 cm³/mol. The van der Waals surface area contributed by atoms with Crippen molar-refractivity contribution in [3.8, 4) is 0 Å². The molecule has 1 aliphatic rings. The number of nitrogens with one attached hydrogen (secondary N) is 1. The number of halogens is 4. The highest BCUT2D eigenvalue weighted by atomic mass is 19.4. The van der Waals surface area contributed by atoms with Crippen LogP contribution in [0.5, 0.6) is 0 Å². The second-order valence-corrected chi connectivity index (χ2v) is 10.7. The molecule has 43 heavy (non-hydrogen) atoms. The minimum Gasteiger partial charge on any atom is -0.363 e. The largest absolute Gasteiger partial charge is 0.416 e. The third-order valence-corrected chi connectivity index (χ3v) is 8.18. The third kappa shape index (κ3) is 6.13. The maximum absolute atomic E-state index is 14.9. The molecule has 2 aromatic carbocycles. The number of piperazine rings is 1. The van der Waals surface area contributed by atoms with Gasteiger partial charge in [0.25, 0.3) is 5.56 Å². The molecule has 2 unspecified atom stereocenters. The first-order valence-electron chi connectivity index (χ1n) is 13.9. The molecule has 1 aliphatic heterocycles. The molecule has 5 rings (SSSR count). The van der Waals surface area contributed by atoms with Crippen LogP contribution < -0.4 is 21.9 Å². The molecule has 228 valence electrons. The minimum atomic E-state index is -4.84. The van der Waals surface area contributed by atoms with Crippen LogP contribution in [0.2, 0.25) is 0 Å². The fourth-order valence-electron chi connectivity index (χ4n) is 5.68. The van der Waals surface area contributed by atoms with E-state index in [1.54, 1.807) is 36.5 Å². The van der Waals surface area contributed by atoms with Gasteiger partial charge in [-0.05, 0) is 31.5 Å². The van der Waals surface area contributed by atoms with Gasteiger partial charge in [-0.1, -0.05) is 36.4 Å². The molecule has 0 amide bonds. The quantitative estimate of drug-likeness (QED) is 0.299. The van der Waals surface area contributed by atoms with Crippen LogP contribution in [-0.4, -0.2) is 50.4 Å². The van der Waals surface area contributed by atoms with E-state index in [9.17, 15) is 27.2 Å². The summed E-state index contributed by atoms with van der Waals surface area (Å²) in [5.41, 5.74) is 5.12. The van der Waals surface area contributed by atoms with Crippen molar-refractivity contribution >= 4 is 5.69 Å². The van der Waals surface area contributed by atoms with Gasteiger partial charge in [0.05, 0.1) is 24.8 Å². The van der Waals surface area contributed by atoms with Crippen molar-refractivity contribution in [1.82, 2.24) is 24.2 Å². The molecule has 3 N–H and O–H groups in total. The van der Waals surface area contributed by atoms with Gasteiger partial charge in [-0.15, -0.1) is 0 Å². The molecule has 1 saturated heterocycles. The Morgan fingerprint density at radius 2 is 1.67 bits per heavy atom. The molecule has 1 fully saturated rings. The summed E-state index contributed by atoms with van der Waals surface area (Å²) in [4.78, 5) is 31.8. The average molecular weight is 600 g/mol. The van der Waals surface area contributed by atoms with Crippen molar-refractivity contribution in [2.24, 2.45) is 5.73 Å². The molecule has 0 saturated carbocycles. The predicted octanol–water partition coefficient (Wildman–Crippen LogP) is 3.83. The minimum absolute atomic E-state index is 0.0679. The lowest BCUT2D eigenvalue weighted by Gasteiger charge is -2.39. The van der Waals surface area contributed by atoms with Gasteiger partial charge in [0, 0.05) is 61.3 Å². The molecule has 0 bridgehead atoms. The van der Waals surface area contributed by atoms with E-state index >= 15 is 0 Å². The Balaban J connectivity index is 1.57. The first kappa shape index (κ1) is 30.2. The second-order valence-electron chi connectivity index (χ2n) is 10.7. The molecule has 0 aliphatic carbocycles. The molecule has 13 heteroatoms. The number of rotatable bonds is 8. The van der Waals surface area contributed by atoms with Gasteiger partial charge < -0.3 is 10.6 Å².